The van der Waals surface area contributed by atoms with E-state index in [1.54, 1.807) is 55.1 Å². The maximum Gasteiger partial charge on any atom is 0.257 e. The van der Waals surface area contributed by atoms with Crippen LogP contribution in [0.4, 0.5) is 11.4 Å². The Balaban J connectivity index is 0.995. The van der Waals surface area contributed by atoms with Crippen LogP contribution in [-0.2, 0) is 46.4 Å². The number of fused-ring (bicyclic) bond motifs is 4. The van der Waals surface area contributed by atoms with Gasteiger partial charge in [-0.05, 0) is 52.7 Å². The van der Waals surface area contributed by atoms with Crippen molar-refractivity contribution in [2.24, 2.45) is 9.98 Å². The summed E-state index contributed by atoms with van der Waals surface area (Å²) in [5.41, 5.74) is 5.21. The van der Waals surface area contributed by atoms with Crippen molar-refractivity contribution < 1.29 is 66.5 Å². The minimum atomic E-state index is -0.229. The molecule has 22 heteroatoms. The molecule has 20 nitrogen and oxygen atoms in total. The van der Waals surface area contributed by atoms with Crippen LogP contribution in [0.5, 0.6) is 28.7 Å². The van der Waals surface area contributed by atoms with Crippen molar-refractivity contribution in [2.45, 2.75) is 77.0 Å². The van der Waals surface area contributed by atoms with Gasteiger partial charge in [0, 0.05) is 68.2 Å². The molecule has 4 aliphatic heterocycles. The van der Waals surface area contributed by atoms with E-state index >= 15 is 0 Å². The van der Waals surface area contributed by atoms with Crippen LogP contribution in [0.2, 0.25) is 0 Å². The maximum atomic E-state index is 13.8. The third kappa shape index (κ3) is 17.3. The number of methoxy groups -OCH3 is 3. The van der Waals surface area contributed by atoms with Gasteiger partial charge in [0.2, 0.25) is 5.91 Å². The molecule has 4 aliphatic rings. The van der Waals surface area contributed by atoms with Crippen molar-refractivity contribution >= 4 is 60.3 Å². The van der Waals surface area contributed by atoms with Crippen LogP contribution in [-0.4, -0.2) is 201 Å². The van der Waals surface area contributed by atoms with Gasteiger partial charge in [0.05, 0.1) is 146 Å². The quantitative estimate of drug-likeness (QED) is 0.0368. The van der Waals surface area contributed by atoms with Crippen LogP contribution in [0.25, 0.3) is 0 Å². The van der Waals surface area contributed by atoms with E-state index in [1.165, 1.54) is 25.4 Å². The number of benzene rings is 2. The van der Waals surface area contributed by atoms with Gasteiger partial charge in [0.1, 0.15) is 25.6 Å². The summed E-state index contributed by atoms with van der Waals surface area (Å²) in [5.74, 6) is 1.66. The Kier molecular flexibility index (Phi) is 23.4. The van der Waals surface area contributed by atoms with Gasteiger partial charge < -0.3 is 66.8 Å². The summed E-state index contributed by atoms with van der Waals surface area (Å²) in [6.45, 7) is 15.0. The Labute approximate surface area is 469 Å². The molecule has 3 aromatic rings. The highest BCUT2D eigenvalue weighted by molar-refractivity contribution is 8.20. The highest BCUT2D eigenvalue weighted by atomic mass is 32.2. The number of amides is 3. The molecule has 2 saturated heterocycles. The minimum Gasteiger partial charge on any atom is -0.493 e. The first-order chi connectivity index (χ1) is 38.4. The van der Waals surface area contributed by atoms with Crippen LogP contribution < -0.4 is 23.7 Å². The van der Waals surface area contributed by atoms with Crippen LogP contribution in [0.1, 0.15) is 79.1 Å². The number of aliphatic imine (C=N–C) groups is 2. The van der Waals surface area contributed by atoms with Gasteiger partial charge in [-0.2, -0.15) is 0 Å². The van der Waals surface area contributed by atoms with Crippen molar-refractivity contribution in [1.29, 1.82) is 0 Å². The van der Waals surface area contributed by atoms with Crippen molar-refractivity contribution in [3.05, 3.63) is 82.2 Å². The fourth-order valence-corrected chi connectivity index (χ4v) is 9.50. The van der Waals surface area contributed by atoms with Crippen molar-refractivity contribution in [3.63, 3.8) is 0 Å². The number of pyridine rings is 1. The average molecular weight is 1110 g/mol. The summed E-state index contributed by atoms with van der Waals surface area (Å²) >= 11 is 1.68. The molecular weight excluding hydrogens is 1040 g/mol. The first kappa shape index (κ1) is 60.6. The van der Waals surface area contributed by atoms with E-state index < -0.39 is 0 Å². The molecule has 79 heavy (non-hydrogen) atoms. The zero-order valence-electron chi connectivity index (χ0n) is 47.1. The lowest BCUT2D eigenvalue weighted by atomic mass is 10.1. The summed E-state index contributed by atoms with van der Waals surface area (Å²) in [4.78, 5) is 61.3. The second-order valence-corrected chi connectivity index (χ2v) is 21.2. The number of rotatable bonds is 33. The van der Waals surface area contributed by atoms with E-state index in [0.717, 1.165) is 12.8 Å². The Morgan fingerprint density at radius 3 is 1.53 bits per heavy atom. The third-order valence-corrected chi connectivity index (χ3v) is 15.0. The third-order valence-electron chi connectivity index (χ3n) is 13.8. The molecule has 0 N–H and O–H groups in total. The molecule has 1 unspecified atom stereocenters. The fourth-order valence-electron chi connectivity index (χ4n) is 9.21. The van der Waals surface area contributed by atoms with Crippen LogP contribution in [0.15, 0.2) is 69.7 Å². The lowest BCUT2D eigenvalue weighted by Crippen LogP contribution is -2.43. The molecule has 3 amide bonds. The molecular formula is C57H77BN6O14S. The Bertz CT molecular complexity index is 2530. The molecule has 7 rings (SSSR count). The number of hydrogen-bond donors (Lipinski definition) is 0. The van der Waals surface area contributed by atoms with Gasteiger partial charge in [-0.15, -0.1) is 0 Å². The second kappa shape index (κ2) is 30.5. The number of hydrogen-bond acceptors (Lipinski definition) is 18. The van der Waals surface area contributed by atoms with Crippen molar-refractivity contribution in [1.82, 2.24) is 19.7 Å². The van der Waals surface area contributed by atoms with Crippen molar-refractivity contribution in [2.75, 3.05) is 127 Å². The Morgan fingerprint density at radius 1 is 0.646 bits per heavy atom. The van der Waals surface area contributed by atoms with Crippen LogP contribution >= 0.6 is 11.6 Å². The number of nitrogens with zero attached hydrogens (tertiary/aromatic N) is 6. The summed E-state index contributed by atoms with van der Waals surface area (Å²) in [6, 6.07) is 10.1. The first-order valence-electron chi connectivity index (χ1n) is 26.9. The predicted octanol–water partition coefficient (Wildman–Crippen LogP) is 6.40. The topological polar surface area (TPSA) is 200 Å². The van der Waals surface area contributed by atoms with Crippen molar-refractivity contribution in [3.8, 4) is 28.7 Å². The summed E-state index contributed by atoms with van der Waals surface area (Å²) in [5, 5.41) is 0. The molecule has 2 aromatic carbocycles. The van der Waals surface area contributed by atoms with Gasteiger partial charge in [0.15, 0.2) is 30.1 Å². The van der Waals surface area contributed by atoms with E-state index in [4.69, 9.17) is 67.1 Å². The number of carbonyl (C=O) groups excluding carboxylic acids is 3. The molecule has 2 fully saturated rings. The zero-order valence-corrected chi connectivity index (χ0v) is 47.9. The van der Waals surface area contributed by atoms with Gasteiger partial charge in [-0.1, -0.05) is 23.3 Å². The van der Waals surface area contributed by atoms with E-state index in [-0.39, 0.29) is 67.4 Å². The van der Waals surface area contributed by atoms with E-state index in [1.807, 2.05) is 48.1 Å². The lowest BCUT2D eigenvalue weighted by molar-refractivity contribution is -0.133. The summed E-state index contributed by atoms with van der Waals surface area (Å²) in [7, 11) is 6.72. The second-order valence-electron chi connectivity index (χ2n) is 19.7. The monoisotopic (exact) mass is 1110 g/mol. The number of allylic oxidation sites excluding steroid dienone is 2. The molecule has 0 saturated carbocycles. The molecule has 2 atom stereocenters. The SMILES string of the molecule is BSC(C)(C)CN(CCOc1cc(COc2cc3c(cc2OC)C(=O)N2C/C(=C/C)CC2C=N3)nc(COc2cc3c(cc2OC)C(=O)N2C/C(=C/C)C[C@H]2C=N3)c1)C(=O)CCOCCOCCOCCOCCOCCOC. The van der Waals surface area contributed by atoms with Gasteiger partial charge >= 0.3 is 0 Å². The standard InChI is InChI=1S/C57H77BN6O14S/c1-8-39-24-43-32-59-48-30-52(50(69-6)28-46(48)55(66)63(43)34-39)77-36-41-26-45(27-42(61-41)37-78-53-31-49-47(29-51(53)70-7)56(67)64-35-40(9-2)25-44(64)33-60-49)76-13-11-62(38-57(3,4)79-58)54(65)10-12-71-16-17-73-20-21-75-23-22-74-19-18-72-15-14-68-5/h8-9,26-33,43-44H,10-25,34-38,58H2,1-7H3/b39-8+,40-9+/t43-,44?/m0/s1. The maximum absolute atomic E-state index is 13.8. The highest BCUT2D eigenvalue weighted by Gasteiger charge is 2.36. The minimum absolute atomic E-state index is 0.0180. The number of ether oxygens (including phenoxy) is 11. The Morgan fingerprint density at radius 2 is 1.10 bits per heavy atom. The fraction of sp³-hybridized carbons (Fsp3) is 0.544. The van der Waals surface area contributed by atoms with Crippen LogP contribution in [0, 0.1) is 0 Å². The largest absolute Gasteiger partial charge is 0.493 e. The molecule has 0 radical (unpaired) electrons. The molecule has 428 valence electrons. The van der Waals surface area contributed by atoms with Gasteiger partial charge in [-0.25, -0.2) is 11.6 Å². The molecule has 0 aliphatic carbocycles. The normalized spacial score (nSPS) is 17.6. The average Bonchev–Trinajstić information content (AvgIpc) is 4.23. The predicted molar refractivity (Wildman–Crippen MR) is 304 cm³/mol. The zero-order chi connectivity index (χ0) is 56.2. The molecule has 5 heterocycles. The molecule has 0 spiro atoms. The highest BCUT2D eigenvalue weighted by Crippen LogP contribution is 2.41. The first-order valence-corrected chi connectivity index (χ1v) is 28.1. The van der Waals surface area contributed by atoms with Gasteiger partial charge in [0.25, 0.3) is 11.8 Å². The van der Waals surface area contributed by atoms with E-state index in [0.29, 0.717) is 155 Å². The van der Waals surface area contributed by atoms with Crippen LogP contribution in [0.3, 0.4) is 0 Å². The number of carbonyl (C=O) groups is 3. The summed E-state index contributed by atoms with van der Waals surface area (Å²) in [6.07, 6.45) is 9.41. The molecule has 0 bridgehead atoms. The van der Waals surface area contributed by atoms with E-state index in [2.05, 4.69) is 26.0 Å². The number of aromatic nitrogens is 1. The van der Waals surface area contributed by atoms with E-state index in [9.17, 15) is 14.4 Å². The molecule has 1 aromatic heterocycles. The lowest BCUT2D eigenvalue weighted by Gasteiger charge is -2.32. The Hall–Kier alpha value is -6.01. The summed E-state index contributed by atoms with van der Waals surface area (Å²) < 4.78 is 63.4. The van der Waals surface area contributed by atoms with Gasteiger partial charge in [-0.3, -0.25) is 29.4 Å². The smallest absolute Gasteiger partial charge is 0.257 e.